The van der Waals surface area contributed by atoms with Crippen LogP contribution < -0.4 is 14.8 Å². The number of hydrogen-bond acceptors (Lipinski definition) is 8. The Morgan fingerprint density at radius 1 is 1.00 bits per heavy atom. The lowest BCUT2D eigenvalue weighted by molar-refractivity contribution is -0.385. The molecule has 0 radical (unpaired) electrons. The van der Waals surface area contributed by atoms with E-state index in [1.807, 2.05) is 31.2 Å². The third kappa shape index (κ3) is 3.81. The molecule has 30 heavy (non-hydrogen) atoms. The van der Waals surface area contributed by atoms with E-state index in [0.29, 0.717) is 22.7 Å². The Labute approximate surface area is 171 Å². The third-order valence-corrected chi connectivity index (χ3v) is 4.36. The highest BCUT2D eigenvalue weighted by molar-refractivity contribution is 5.92. The Morgan fingerprint density at radius 3 is 2.50 bits per heavy atom. The molecule has 0 aliphatic rings. The lowest BCUT2D eigenvalue weighted by Crippen LogP contribution is -2.04. The van der Waals surface area contributed by atoms with Gasteiger partial charge >= 0.3 is 11.6 Å². The van der Waals surface area contributed by atoms with Gasteiger partial charge in [0.1, 0.15) is 17.8 Å². The number of aromatic nitrogens is 3. The maximum Gasteiger partial charge on any atom is 0.373 e. The van der Waals surface area contributed by atoms with E-state index in [1.54, 1.807) is 37.4 Å². The Kier molecular flexibility index (Phi) is 5.08. The number of pyridine rings is 1. The second-order valence-corrected chi connectivity index (χ2v) is 6.37. The number of hydrogen-bond donors (Lipinski definition) is 1. The Balaban J connectivity index is 1.73. The summed E-state index contributed by atoms with van der Waals surface area (Å²) in [6.45, 7) is 1.88. The molecule has 0 fully saturated rings. The SMILES string of the molecule is COc1ccc(Oc2ncnc(Nc3cccc4ccc(C)nc34)c2[N+](=O)[O-])cc1. The second-order valence-electron chi connectivity index (χ2n) is 6.37. The lowest BCUT2D eigenvalue weighted by atomic mass is 10.1. The smallest absolute Gasteiger partial charge is 0.373 e. The van der Waals surface area contributed by atoms with Crippen LogP contribution in [0.4, 0.5) is 17.2 Å². The molecule has 150 valence electrons. The van der Waals surface area contributed by atoms with E-state index < -0.39 is 4.92 Å². The number of ether oxygens (including phenoxy) is 2. The van der Waals surface area contributed by atoms with Gasteiger partial charge in [-0.25, -0.2) is 4.98 Å². The summed E-state index contributed by atoms with van der Waals surface area (Å²) in [6, 6.07) is 16.0. The van der Waals surface area contributed by atoms with Crippen LogP contribution in [0.3, 0.4) is 0 Å². The predicted molar refractivity (Wildman–Crippen MR) is 112 cm³/mol. The number of aryl methyl sites for hydroxylation is 1. The number of methoxy groups -OCH3 is 1. The van der Waals surface area contributed by atoms with Crippen molar-refractivity contribution >= 4 is 28.1 Å². The maximum absolute atomic E-state index is 11.8. The Morgan fingerprint density at radius 2 is 1.77 bits per heavy atom. The van der Waals surface area contributed by atoms with Crippen LogP contribution in [0.15, 0.2) is 60.9 Å². The molecule has 0 bridgehead atoms. The van der Waals surface area contributed by atoms with Crippen LogP contribution >= 0.6 is 0 Å². The van der Waals surface area contributed by atoms with Crippen molar-refractivity contribution in [2.24, 2.45) is 0 Å². The molecule has 0 unspecified atom stereocenters. The number of nitro groups is 1. The second kappa shape index (κ2) is 8.00. The van der Waals surface area contributed by atoms with Crippen molar-refractivity contribution in [2.75, 3.05) is 12.4 Å². The number of nitrogens with zero attached hydrogens (tertiary/aromatic N) is 4. The first-order valence-corrected chi connectivity index (χ1v) is 9.00. The summed E-state index contributed by atoms with van der Waals surface area (Å²) in [5.74, 6) is 0.855. The molecule has 0 amide bonds. The van der Waals surface area contributed by atoms with Crippen molar-refractivity contribution in [2.45, 2.75) is 6.92 Å². The van der Waals surface area contributed by atoms with E-state index in [9.17, 15) is 10.1 Å². The van der Waals surface area contributed by atoms with Crippen molar-refractivity contribution < 1.29 is 14.4 Å². The van der Waals surface area contributed by atoms with Crippen molar-refractivity contribution in [3.8, 4) is 17.4 Å². The van der Waals surface area contributed by atoms with Gasteiger partial charge in [-0.2, -0.15) is 4.98 Å². The zero-order chi connectivity index (χ0) is 21.1. The van der Waals surface area contributed by atoms with E-state index in [-0.39, 0.29) is 17.4 Å². The minimum atomic E-state index is -0.578. The molecule has 9 heteroatoms. The predicted octanol–water partition coefficient (Wildman–Crippen LogP) is 4.79. The summed E-state index contributed by atoms with van der Waals surface area (Å²) in [7, 11) is 1.55. The highest BCUT2D eigenvalue weighted by Crippen LogP contribution is 2.36. The van der Waals surface area contributed by atoms with Gasteiger partial charge in [0.15, 0.2) is 0 Å². The first-order chi connectivity index (χ1) is 14.5. The van der Waals surface area contributed by atoms with Crippen LogP contribution in [0.25, 0.3) is 10.9 Å². The molecular formula is C21H17N5O4. The minimum Gasteiger partial charge on any atom is -0.497 e. The average Bonchev–Trinajstić information content (AvgIpc) is 2.74. The summed E-state index contributed by atoms with van der Waals surface area (Å²) in [6.07, 6.45) is 1.21. The van der Waals surface area contributed by atoms with Crippen molar-refractivity contribution in [3.05, 3.63) is 76.7 Å². The summed E-state index contributed by atoms with van der Waals surface area (Å²) in [5.41, 5.74) is 1.73. The number of rotatable bonds is 6. The molecule has 0 aliphatic carbocycles. The molecule has 4 rings (SSSR count). The van der Waals surface area contributed by atoms with Crippen molar-refractivity contribution in [1.29, 1.82) is 0 Å². The van der Waals surface area contributed by atoms with Gasteiger partial charge in [-0.15, -0.1) is 0 Å². The molecule has 0 saturated heterocycles. The van der Waals surface area contributed by atoms with Crippen LogP contribution in [0.5, 0.6) is 17.4 Å². The van der Waals surface area contributed by atoms with E-state index >= 15 is 0 Å². The molecule has 2 aromatic carbocycles. The van der Waals surface area contributed by atoms with Gasteiger partial charge < -0.3 is 14.8 Å². The largest absolute Gasteiger partial charge is 0.497 e. The normalized spacial score (nSPS) is 10.6. The van der Waals surface area contributed by atoms with Gasteiger partial charge in [0, 0.05) is 11.1 Å². The topological polar surface area (TPSA) is 112 Å². The molecule has 0 aliphatic heterocycles. The van der Waals surface area contributed by atoms with Crippen molar-refractivity contribution in [1.82, 2.24) is 15.0 Å². The van der Waals surface area contributed by atoms with Gasteiger partial charge in [-0.3, -0.25) is 15.1 Å². The van der Waals surface area contributed by atoms with Crippen molar-refractivity contribution in [3.63, 3.8) is 0 Å². The Hall–Kier alpha value is -4.27. The molecular weight excluding hydrogens is 386 g/mol. The summed E-state index contributed by atoms with van der Waals surface area (Å²) >= 11 is 0. The number of benzene rings is 2. The number of anilines is 2. The number of nitrogens with one attached hydrogen (secondary N) is 1. The third-order valence-electron chi connectivity index (χ3n) is 4.36. The van der Waals surface area contributed by atoms with E-state index in [0.717, 1.165) is 11.1 Å². The van der Waals surface area contributed by atoms with Crippen LogP contribution in [0.1, 0.15) is 5.69 Å². The standard InChI is InChI=1S/C21H17N5O4/c1-13-6-7-14-4-3-5-17(18(14)24-13)25-20-19(26(27)28)21(23-12-22-20)30-16-10-8-15(29-2)9-11-16/h3-12H,1-2H3,(H,22,23,25). The molecule has 0 atom stereocenters. The Bertz CT molecular complexity index is 1230. The molecule has 1 N–H and O–H groups in total. The van der Waals surface area contributed by atoms with Crippen LogP contribution in [0.2, 0.25) is 0 Å². The van der Waals surface area contributed by atoms with Crippen LogP contribution in [0, 0.1) is 17.0 Å². The molecule has 2 heterocycles. The monoisotopic (exact) mass is 403 g/mol. The summed E-state index contributed by atoms with van der Waals surface area (Å²) in [5, 5.41) is 15.7. The molecule has 0 saturated carbocycles. The first-order valence-electron chi connectivity index (χ1n) is 9.00. The van der Waals surface area contributed by atoms with E-state index in [1.165, 1.54) is 6.33 Å². The van der Waals surface area contributed by atoms with Gasteiger partial charge in [-0.05, 0) is 43.3 Å². The fourth-order valence-corrected chi connectivity index (χ4v) is 2.92. The van der Waals surface area contributed by atoms with Gasteiger partial charge in [-0.1, -0.05) is 18.2 Å². The molecule has 4 aromatic rings. The van der Waals surface area contributed by atoms with Crippen LogP contribution in [-0.4, -0.2) is 27.0 Å². The van der Waals surface area contributed by atoms with Gasteiger partial charge in [0.25, 0.3) is 0 Å². The summed E-state index contributed by atoms with van der Waals surface area (Å²) in [4.78, 5) is 23.8. The van der Waals surface area contributed by atoms with Gasteiger partial charge in [0.2, 0.25) is 5.82 Å². The van der Waals surface area contributed by atoms with Gasteiger partial charge in [0.05, 0.1) is 23.2 Å². The minimum absolute atomic E-state index is 0.00863. The lowest BCUT2D eigenvalue weighted by Gasteiger charge is -2.11. The zero-order valence-corrected chi connectivity index (χ0v) is 16.2. The van der Waals surface area contributed by atoms with E-state index in [2.05, 4.69) is 20.3 Å². The highest BCUT2D eigenvalue weighted by Gasteiger charge is 2.25. The highest BCUT2D eigenvalue weighted by atomic mass is 16.6. The quantitative estimate of drug-likeness (QED) is 0.361. The molecule has 0 spiro atoms. The molecule has 9 nitrogen and oxygen atoms in total. The maximum atomic E-state index is 11.8. The summed E-state index contributed by atoms with van der Waals surface area (Å²) < 4.78 is 10.8. The fourth-order valence-electron chi connectivity index (χ4n) is 2.92. The van der Waals surface area contributed by atoms with Crippen LogP contribution in [-0.2, 0) is 0 Å². The number of para-hydroxylation sites is 1. The average molecular weight is 403 g/mol. The first kappa shape index (κ1) is 19.1. The van der Waals surface area contributed by atoms with E-state index in [4.69, 9.17) is 9.47 Å². The fraction of sp³-hybridized carbons (Fsp3) is 0.0952. The number of fused-ring (bicyclic) bond motifs is 1. The molecule has 2 aromatic heterocycles. The zero-order valence-electron chi connectivity index (χ0n) is 16.2.